The fourth-order valence-corrected chi connectivity index (χ4v) is 1.35. The highest BCUT2D eigenvalue weighted by molar-refractivity contribution is 6.83. The molecule has 0 heterocycles. The molecule has 0 saturated carbocycles. The van der Waals surface area contributed by atoms with E-state index in [-0.39, 0.29) is 5.41 Å². The Morgan fingerprint density at radius 1 is 1.31 bits per heavy atom. The largest absolute Gasteiger partial charge is 0.330 e. The Hall–Kier alpha value is -0.263. The molecule has 0 saturated heterocycles. The fraction of sp³-hybridized carbons (Fsp3) is 0.818. The molecule has 2 heteroatoms. The van der Waals surface area contributed by atoms with Crippen molar-refractivity contribution in [3.05, 3.63) is 0 Å². The molecule has 0 aliphatic heterocycles. The summed E-state index contributed by atoms with van der Waals surface area (Å²) >= 11 is 0. The van der Waals surface area contributed by atoms with E-state index in [1.807, 2.05) is 0 Å². The molecule has 1 atom stereocenters. The van der Waals surface area contributed by atoms with Gasteiger partial charge >= 0.3 is 0 Å². The van der Waals surface area contributed by atoms with Crippen LogP contribution in [0.4, 0.5) is 0 Å². The van der Waals surface area contributed by atoms with Crippen molar-refractivity contribution in [3.8, 4) is 11.5 Å². The number of hydrogen-bond donors (Lipinski definition) is 1. The molecule has 0 aliphatic carbocycles. The van der Waals surface area contributed by atoms with Crippen molar-refractivity contribution in [3.63, 3.8) is 0 Å². The van der Waals surface area contributed by atoms with Gasteiger partial charge in [-0.2, -0.15) is 0 Å². The molecule has 0 fully saturated rings. The Kier molecular flexibility index (Phi) is 4.21. The van der Waals surface area contributed by atoms with Crippen molar-refractivity contribution < 1.29 is 0 Å². The summed E-state index contributed by atoms with van der Waals surface area (Å²) in [5.74, 6) is 3.74. The normalized spacial score (nSPS) is 14.7. The van der Waals surface area contributed by atoms with E-state index in [9.17, 15) is 0 Å². The highest BCUT2D eigenvalue weighted by Crippen LogP contribution is 2.24. The molecule has 76 valence electrons. The smallest absolute Gasteiger partial charge is 0.129 e. The highest BCUT2D eigenvalue weighted by atomic mass is 28.3. The second-order valence-corrected chi connectivity index (χ2v) is 10.2. The van der Waals surface area contributed by atoms with Crippen LogP contribution >= 0.6 is 0 Å². The molecule has 1 unspecified atom stereocenters. The standard InChI is InChI=1S/C11H23NSi/c1-10(11(2,3)9-12)7-8-13(4,5)6/h10H,9,12H2,1-6H3. The molecule has 0 rings (SSSR count). The summed E-state index contributed by atoms with van der Waals surface area (Å²) in [4.78, 5) is 0. The molecule has 13 heavy (non-hydrogen) atoms. The minimum atomic E-state index is -1.21. The van der Waals surface area contributed by atoms with Crippen LogP contribution in [-0.2, 0) is 0 Å². The third-order valence-corrected chi connectivity index (χ3v) is 3.26. The molecular formula is C11H23NSi. The predicted octanol–water partition coefficient (Wildman–Crippen LogP) is 2.49. The molecule has 0 aromatic carbocycles. The molecule has 2 N–H and O–H groups in total. The van der Waals surface area contributed by atoms with E-state index >= 15 is 0 Å². The summed E-state index contributed by atoms with van der Waals surface area (Å²) in [7, 11) is -1.21. The van der Waals surface area contributed by atoms with Crippen LogP contribution in [0.15, 0.2) is 0 Å². The van der Waals surface area contributed by atoms with Gasteiger partial charge in [-0.3, -0.25) is 0 Å². The molecule has 0 aliphatic rings. The van der Waals surface area contributed by atoms with Gasteiger partial charge in [-0.25, -0.2) is 0 Å². The van der Waals surface area contributed by atoms with Gasteiger partial charge in [0.05, 0.1) is 0 Å². The monoisotopic (exact) mass is 197 g/mol. The first-order valence-corrected chi connectivity index (χ1v) is 8.42. The predicted molar refractivity (Wildman–Crippen MR) is 63.1 cm³/mol. The van der Waals surface area contributed by atoms with Gasteiger partial charge in [-0.15, -0.1) is 11.5 Å². The van der Waals surface area contributed by atoms with E-state index in [1.54, 1.807) is 0 Å². The fourth-order valence-electron chi connectivity index (χ4n) is 0.697. The van der Waals surface area contributed by atoms with Gasteiger partial charge in [-0.1, -0.05) is 40.4 Å². The zero-order valence-corrected chi connectivity index (χ0v) is 10.9. The average molecular weight is 197 g/mol. The second kappa shape index (κ2) is 4.30. The van der Waals surface area contributed by atoms with Gasteiger partial charge < -0.3 is 5.73 Å². The van der Waals surface area contributed by atoms with E-state index in [1.165, 1.54) is 0 Å². The van der Waals surface area contributed by atoms with Crippen LogP contribution in [0.5, 0.6) is 0 Å². The minimum Gasteiger partial charge on any atom is -0.330 e. The maximum atomic E-state index is 5.69. The molecule has 1 nitrogen and oxygen atoms in total. The van der Waals surface area contributed by atoms with E-state index in [2.05, 4.69) is 51.9 Å². The first-order chi connectivity index (χ1) is 5.69. The zero-order chi connectivity index (χ0) is 10.7. The lowest BCUT2D eigenvalue weighted by Crippen LogP contribution is -2.30. The molecule has 0 aromatic rings. The van der Waals surface area contributed by atoms with Gasteiger partial charge in [0.25, 0.3) is 0 Å². The van der Waals surface area contributed by atoms with Crippen LogP contribution in [0.1, 0.15) is 20.8 Å². The van der Waals surface area contributed by atoms with Gasteiger partial charge in [-0.05, 0) is 12.0 Å². The van der Waals surface area contributed by atoms with Crippen LogP contribution < -0.4 is 5.73 Å². The van der Waals surface area contributed by atoms with Crippen LogP contribution in [-0.4, -0.2) is 14.6 Å². The number of nitrogens with two attached hydrogens (primary N) is 1. The van der Waals surface area contributed by atoms with Crippen molar-refractivity contribution >= 4 is 8.07 Å². The summed E-state index contributed by atoms with van der Waals surface area (Å²) in [6, 6.07) is 0. The van der Waals surface area contributed by atoms with Crippen molar-refractivity contribution in [2.75, 3.05) is 6.54 Å². The zero-order valence-electron chi connectivity index (χ0n) is 9.86. The maximum Gasteiger partial charge on any atom is 0.129 e. The highest BCUT2D eigenvalue weighted by Gasteiger charge is 2.22. The quantitative estimate of drug-likeness (QED) is 0.534. The van der Waals surface area contributed by atoms with Gasteiger partial charge in [0.1, 0.15) is 8.07 Å². The summed E-state index contributed by atoms with van der Waals surface area (Å²) < 4.78 is 0. The van der Waals surface area contributed by atoms with Crippen LogP contribution in [0, 0.1) is 22.8 Å². The second-order valence-electron chi connectivity index (χ2n) is 5.43. The molecular weight excluding hydrogens is 174 g/mol. The average Bonchev–Trinajstić information content (AvgIpc) is 1.98. The Bertz CT molecular complexity index is 214. The maximum absolute atomic E-state index is 5.69. The van der Waals surface area contributed by atoms with Crippen LogP contribution in [0.3, 0.4) is 0 Å². The molecule has 0 radical (unpaired) electrons. The lowest BCUT2D eigenvalue weighted by Gasteiger charge is -2.26. The van der Waals surface area contributed by atoms with E-state index < -0.39 is 8.07 Å². The van der Waals surface area contributed by atoms with Crippen molar-refractivity contribution in [2.24, 2.45) is 17.1 Å². The summed E-state index contributed by atoms with van der Waals surface area (Å²) in [5, 5.41) is 0. The Balaban J connectivity index is 4.44. The van der Waals surface area contributed by atoms with E-state index in [4.69, 9.17) is 5.73 Å². The number of hydrogen-bond acceptors (Lipinski definition) is 1. The lowest BCUT2D eigenvalue weighted by atomic mass is 9.81. The summed E-state index contributed by atoms with van der Waals surface area (Å²) in [6.07, 6.45) is 0. The Morgan fingerprint density at radius 3 is 2.08 bits per heavy atom. The van der Waals surface area contributed by atoms with Crippen molar-refractivity contribution in [1.29, 1.82) is 0 Å². The Morgan fingerprint density at radius 2 is 1.77 bits per heavy atom. The first kappa shape index (κ1) is 12.7. The van der Waals surface area contributed by atoms with Gasteiger partial charge in [0.15, 0.2) is 0 Å². The van der Waals surface area contributed by atoms with Gasteiger partial charge in [0, 0.05) is 5.92 Å². The topological polar surface area (TPSA) is 26.0 Å². The minimum absolute atomic E-state index is 0.145. The molecule has 0 amide bonds. The van der Waals surface area contributed by atoms with Crippen molar-refractivity contribution in [2.45, 2.75) is 40.4 Å². The van der Waals surface area contributed by atoms with Crippen LogP contribution in [0.2, 0.25) is 19.6 Å². The SMILES string of the molecule is CC(C#C[Si](C)(C)C)C(C)(C)CN. The summed E-state index contributed by atoms with van der Waals surface area (Å²) in [6.45, 7) is 14.0. The number of rotatable bonds is 2. The van der Waals surface area contributed by atoms with Crippen molar-refractivity contribution in [1.82, 2.24) is 0 Å². The third-order valence-electron chi connectivity index (χ3n) is 2.36. The lowest BCUT2D eigenvalue weighted by molar-refractivity contribution is 0.298. The third kappa shape index (κ3) is 5.12. The molecule has 0 bridgehead atoms. The first-order valence-electron chi connectivity index (χ1n) is 4.92. The van der Waals surface area contributed by atoms with E-state index in [0.29, 0.717) is 12.5 Å². The van der Waals surface area contributed by atoms with E-state index in [0.717, 1.165) is 0 Å². The van der Waals surface area contributed by atoms with Crippen LogP contribution in [0.25, 0.3) is 0 Å². The summed E-state index contributed by atoms with van der Waals surface area (Å²) in [5.41, 5.74) is 9.23. The Labute approximate surface area is 84.1 Å². The molecule has 0 aromatic heterocycles. The van der Waals surface area contributed by atoms with Gasteiger partial charge in [0.2, 0.25) is 0 Å². The molecule has 0 spiro atoms.